The second-order valence-corrected chi connectivity index (χ2v) is 9.00. The van der Waals surface area contributed by atoms with Gasteiger partial charge in [0.1, 0.15) is 5.75 Å². The third-order valence-corrected chi connectivity index (χ3v) is 6.43. The van der Waals surface area contributed by atoms with Crippen molar-refractivity contribution in [1.82, 2.24) is 15.1 Å². The molecule has 192 valence electrons. The van der Waals surface area contributed by atoms with Crippen molar-refractivity contribution < 1.29 is 32.2 Å². The van der Waals surface area contributed by atoms with Gasteiger partial charge in [0.2, 0.25) is 0 Å². The lowest BCUT2D eigenvalue weighted by atomic mass is 10.1. The highest BCUT2D eigenvalue weighted by Gasteiger charge is 2.40. The van der Waals surface area contributed by atoms with Crippen LogP contribution >= 0.6 is 27.5 Å². The van der Waals surface area contributed by atoms with Gasteiger partial charge in [-0.25, -0.2) is 9.48 Å². The molecule has 0 aliphatic carbocycles. The first-order valence-corrected chi connectivity index (χ1v) is 11.9. The lowest BCUT2D eigenvalue weighted by Gasteiger charge is -2.13. The first-order valence-electron chi connectivity index (χ1n) is 10.7. The van der Waals surface area contributed by atoms with Gasteiger partial charge >= 0.3 is 12.1 Å². The summed E-state index contributed by atoms with van der Waals surface area (Å²) in [6.07, 6.45) is -3.94. The van der Waals surface area contributed by atoms with Gasteiger partial charge in [-0.05, 0) is 68.7 Å². The number of ether oxygens (including phenoxy) is 2. The number of carbonyl (C=O) groups excluding carboxylic acids is 2. The van der Waals surface area contributed by atoms with Crippen LogP contribution in [0.25, 0.3) is 16.5 Å². The van der Waals surface area contributed by atoms with Crippen LogP contribution in [0.15, 0.2) is 65.3 Å². The van der Waals surface area contributed by atoms with E-state index in [0.29, 0.717) is 25.5 Å². The molecule has 0 spiro atoms. The average Bonchev–Trinajstić information content (AvgIpc) is 3.33. The largest absolute Gasteiger partial charge is 0.481 e. The number of esters is 1. The van der Waals surface area contributed by atoms with Crippen LogP contribution in [0.2, 0.25) is 5.02 Å². The molecular weight excluding hydrogens is 579 g/mol. The summed E-state index contributed by atoms with van der Waals surface area (Å²) in [7, 11) is 1.26. The highest BCUT2D eigenvalue weighted by Crippen LogP contribution is 2.35. The lowest BCUT2D eigenvalue weighted by molar-refractivity contribution is -0.143. The SMILES string of the molecule is COC(=O)COc1ccc2cc(CNC(=O)c3cnn(-c4ccc(Cl)cc4)c3C(F)(F)F)ccc2c1Br. The molecule has 0 bridgehead atoms. The van der Waals surface area contributed by atoms with Crippen molar-refractivity contribution in [1.29, 1.82) is 0 Å². The van der Waals surface area contributed by atoms with Crippen LogP contribution in [0.4, 0.5) is 13.2 Å². The van der Waals surface area contributed by atoms with E-state index < -0.39 is 29.3 Å². The summed E-state index contributed by atoms with van der Waals surface area (Å²) >= 11 is 9.28. The number of fused-ring (bicyclic) bond motifs is 1. The monoisotopic (exact) mass is 595 g/mol. The molecule has 0 aliphatic rings. The van der Waals surface area contributed by atoms with E-state index in [9.17, 15) is 22.8 Å². The molecule has 0 saturated heterocycles. The van der Waals surface area contributed by atoms with Crippen molar-refractivity contribution in [3.05, 3.63) is 87.1 Å². The molecule has 0 atom stereocenters. The Kier molecular flexibility index (Phi) is 7.74. The van der Waals surface area contributed by atoms with Gasteiger partial charge in [0.15, 0.2) is 12.3 Å². The van der Waals surface area contributed by atoms with Gasteiger partial charge in [-0.15, -0.1) is 0 Å². The van der Waals surface area contributed by atoms with Gasteiger partial charge in [-0.3, -0.25) is 4.79 Å². The van der Waals surface area contributed by atoms with Gasteiger partial charge in [0.25, 0.3) is 5.91 Å². The number of hydrogen-bond acceptors (Lipinski definition) is 5. The number of benzene rings is 3. The summed E-state index contributed by atoms with van der Waals surface area (Å²) in [6, 6.07) is 14.3. The predicted molar refractivity (Wildman–Crippen MR) is 134 cm³/mol. The molecule has 4 aromatic rings. The molecule has 3 aromatic carbocycles. The average molecular weight is 597 g/mol. The summed E-state index contributed by atoms with van der Waals surface area (Å²) in [4.78, 5) is 24.1. The molecule has 12 heteroatoms. The fourth-order valence-corrected chi connectivity index (χ4v) is 4.32. The van der Waals surface area contributed by atoms with E-state index in [1.54, 1.807) is 30.3 Å². The van der Waals surface area contributed by atoms with Gasteiger partial charge in [-0.1, -0.05) is 29.8 Å². The standard InChI is InChI=1S/C25H18BrClF3N3O4/c1-36-21(34)13-37-20-9-3-15-10-14(2-8-18(15)22(20)26)11-31-24(35)19-12-32-33(23(19)25(28,29)30)17-6-4-16(27)5-7-17/h2-10,12H,11,13H2,1H3,(H,31,35). The summed E-state index contributed by atoms with van der Waals surface area (Å²) in [5.41, 5.74) is -1.01. The Balaban J connectivity index is 1.53. The normalized spacial score (nSPS) is 11.4. The number of amides is 1. The lowest BCUT2D eigenvalue weighted by Crippen LogP contribution is -2.26. The van der Waals surface area contributed by atoms with Crippen LogP contribution in [0.5, 0.6) is 5.75 Å². The Morgan fingerprint density at radius 1 is 1.11 bits per heavy atom. The molecule has 37 heavy (non-hydrogen) atoms. The smallest absolute Gasteiger partial charge is 0.434 e. The number of aromatic nitrogens is 2. The third kappa shape index (κ3) is 5.89. The van der Waals surface area contributed by atoms with Crippen LogP contribution in [-0.2, 0) is 22.3 Å². The van der Waals surface area contributed by atoms with Crippen LogP contribution in [0, 0.1) is 0 Å². The molecule has 1 amide bonds. The molecule has 0 unspecified atom stereocenters. The maximum absolute atomic E-state index is 13.9. The Morgan fingerprint density at radius 2 is 1.84 bits per heavy atom. The zero-order chi connectivity index (χ0) is 26.7. The highest BCUT2D eigenvalue weighted by molar-refractivity contribution is 9.10. The van der Waals surface area contributed by atoms with Crippen LogP contribution in [-0.4, -0.2) is 35.4 Å². The first-order chi connectivity index (χ1) is 17.6. The topological polar surface area (TPSA) is 82.4 Å². The van der Waals surface area contributed by atoms with E-state index >= 15 is 0 Å². The molecule has 0 radical (unpaired) electrons. The molecule has 7 nitrogen and oxygen atoms in total. The number of alkyl halides is 3. The Labute approximate surface area is 222 Å². The summed E-state index contributed by atoms with van der Waals surface area (Å²) in [6.45, 7) is -0.268. The zero-order valence-electron chi connectivity index (χ0n) is 19.1. The van der Waals surface area contributed by atoms with Gasteiger partial charge in [-0.2, -0.15) is 18.3 Å². The highest BCUT2D eigenvalue weighted by atomic mass is 79.9. The Hall–Kier alpha value is -3.57. The predicted octanol–water partition coefficient (Wildman–Crippen LogP) is 5.94. The number of nitrogens with zero attached hydrogens (tertiary/aromatic N) is 2. The van der Waals surface area contributed by atoms with Crippen molar-refractivity contribution >= 4 is 50.2 Å². The van der Waals surface area contributed by atoms with E-state index in [1.807, 2.05) is 0 Å². The molecule has 4 rings (SSSR count). The van der Waals surface area contributed by atoms with Crippen LogP contribution in [0.1, 0.15) is 21.6 Å². The van der Waals surface area contributed by atoms with E-state index in [2.05, 4.69) is 31.1 Å². The second kappa shape index (κ2) is 10.8. The van der Waals surface area contributed by atoms with Gasteiger partial charge < -0.3 is 14.8 Å². The number of halogens is 5. The maximum atomic E-state index is 13.9. The van der Waals surface area contributed by atoms with Crippen molar-refractivity contribution in [3.8, 4) is 11.4 Å². The minimum atomic E-state index is -4.83. The number of carbonyl (C=O) groups is 2. The molecule has 1 aromatic heterocycles. The third-order valence-electron chi connectivity index (χ3n) is 5.36. The molecule has 0 saturated carbocycles. The van der Waals surface area contributed by atoms with Crippen molar-refractivity contribution in [3.63, 3.8) is 0 Å². The first kappa shape index (κ1) is 26.5. The van der Waals surface area contributed by atoms with E-state index in [0.717, 1.165) is 17.0 Å². The molecular formula is C25H18BrClF3N3O4. The fraction of sp³-hybridized carbons (Fsp3) is 0.160. The zero-order valence-corrected chi connectivity index (χ0v) is 21.4. The quantitative estimate of drug-likeness (QED) is 0.267. The summed E-state index contributed by atoms with van der Waals surface area (Å²) in [5.74, 6) is -0.998. The minimum Gasteiger partial charge on any atom is -0.481 e. The fourth-order valence-electron chi connectivity index (χ4n) is 3.58. The maximum Gasteiger partial charge on any atom is 0.434 e. The van der Waals surface area contributed by atoms with E-state index in [4.69, 9.17) is 16.3 Å². The molecule has 0 fully saturated rings. The Morgan fingerprint density at radius 3 is 2.51 bits per heavy atom. The van der Waals surface area contributed by atoms with Crippen molar-refractivity contribution in [2.45, 2.75) is 12.7 Å². The molecule has 0 aliphatic heterocycles. The number of nitrogens with one attached hydrogen (secondary N) is 1. The van der Waals surface area contributed by atoms with Crippen LogP contribution < -0.4 is 10.1 Å². The Bertz CT molecular complexity index is 1470. The van der Waals surface area contributed by atoms with Gasteiger partial charge in [0, 0.05) is 11.6 Å². The number of hydrogen-bond donors (Lipinski definition) is 1. The van der Waals surface area contributed by atoms with E-state index in [-0.39, 0.29) is 18.8 Å². The van der Waals surface area contributed by atoms with Crippen molar-refractivity contribution in [2.75, 3.05) is 13.7 Å². The van der Waals surface area contributed by atoms with Crippen molar-refractivity contribution in [2.24, 2.45) is 0 Å². The van der Waals surface area contributed by atoms with Gasteiger partial charge in [0.05, 0.1) is 29.0 Å². The number of methoxy groups -OCH3 is 1. The molecule has 1 heterocycles. The number of rotatable bonds is 7. The minimum absolute atomic E-state index is 0.0175. The van der Waals surface area contributed by atoms with Crippen LogP contribution in [0.3, 0.4) is 0 Å². The second-order valence-electron chi connectivity index (χ2n) is 7.77. The summed E-state index contributed by atoms with van der Waals surface area (Å²) in [5, 5.41) is 8.25. The molecule has 1 N–H and O–H groups in total. The summed E-state index contributed by atoms with van der Waals surface area (Å²) < 4.78 is 53.0. The van der Waals surface area contributed by atoms with E-state index in [1.165, 1.54) is 31.4 Å².